The van der Waals surface area contributed by atoms with Crippen molar-refractivity contribution in [1.29, 1.82) is 0 Å². The van der Waals surface area contributed by atoms with Crippen LogP contribution in [0.4, 0.5) is 0 Å². The van der Waals surface area contributed by atoms with Gasteiger partial charge in [-0.2, -0.15) is 0 Å². The van der Waals surface area contributed by atoms with Crippen LogP contribution in [0.1, 0.15) is 25.8 Å². The zero-order chi connectivity index (χ0) is 12.7. The van der Waals surface area contributed by atoms with Gasteiger partial charge in [0, 0.05) is 6.54 Å². The quantitative estimate of drug-likeness (QED) is 0.785. The Morgan fingerprint density at radius 1 is 1.18 bits per heavy atom. The number of benzene rings is 1. The second kappa shape index (κ2) is 6.77. The van der Waals surface area contributed by atoms with Crippen LogP contribution < -0.4 is 5.73 Å². The minimum Gasteiger partial charge on any atom is -0.330 e. The van der Waals surface area contributed by atoms with E-state index in [0.29, 0.717) is 0 Å². The van der Waals surface area contributed by atoms with Gasteiger partial charge in [0.25, 0.3) is 0 Å². The maximum Gasteiger partial charge on any atom is 0.00417 e. The summed E-state index contributed by atoms with van der Waals surface area (Å²) in [6, 6.07) is 10.7. The molecule has 2 heteroatoms. The van der Waals surface area contributed by atoms with Crippen LogP contribution in [0.25, 0.3) is 0 Å². The molecule has 0 fully saturated rings. The number of hydrogen-bond acceptors (Lipinski definition) is 2. The Morgan fingerprint density at radius 3 is 2.41 bits per heavy atom. The second-order valence-corrected chi connectivity index (χ2v) is 5.70. The minimum absolute atomic E-state index is 0.224. The molecule has 2 N–H and O–H groups in total. The van der Waals surface area contributed by atoms with Crippen molar-refractivity contribution >= 4 is 0 Å². The zero-order valence-electron chi connectivity index (χ0n) is 11.4. The lowest BCUT2D eigenvalue weighted by Crippen LogP contribution is -2.37. The van der Waals surface area contributed by atoms with Gasteiger partial charge in [0.15, 0.2) is 0 Å². The van der Waals surface area contributed by atoms with Gasteiger partial charge in [-0.3, -0.25) is 0 Å². The molecule has 0 atom stereocenters. The smallest absolute Gasteiger partial charge is 0.00417 e. The Bertz CT molecular complexity index is 306. The summed E-state index contributed by atoms with van der Waals surface area (Å²) in [6.07, 6.45) is 2.37. The number of rotatable bonds is 7. The van der Waals surface area contributed by atoms with Crippen LogP contribution in [0.3, 0.4) is 0 Å². The van der Waals surface area contributed by atoms with E-state index in [4.69, 9.17) is 5.73 Å². The van der Waals surface area contributed by atoms with Crippen LogP contribution in [-0.4, -0.2) is 31.6 Å². The molecule has 0 radical (unpaired) electrons. The molecule has 1 rings (SSSR count). The maximum absolute atomic E-state index is 5.75. The maximum atomic E-state index is 5.75. The molecule has 0 aliphatic rings. The van der Waals surface area contributed by atoms with Crippen molar-refractivity contribution in [3.8, 4) is 0 Å². The molecule has 0 bridgehead atoms. The highest BCUT2D eigenvalue weighted by molar-refractivity contribution is 5.14. The first kappa shape index (κ1) is 14.2. The van der Waals surface area contributed by atoms with E-state index in [1.54, 1.807) is 0 Å². The van der Waals surface area contributed by atoms with Gasteiger partial charge >= 0.3 is 0 Å². The van der Waals surface area contributed by atoms with Crippen molar-refractivity contribution in [2.75, 3.05) is 26.7 Å². The number of nitrogens with two attached hydrogens (primary N) is 1. The van der Waals surface area contributed by atoms with Gasteiger partial charge in [-0.05, 0) is 44.0 Å². The molecule has 0 amide bonds. The molecule has 0 saturated carbocycles. The molecule has 0 spiro atoms. The van der Waals surface area contributed by atoms with Crippen molar-refractivity contribution in [3.63, 3.8) is 0 Å². The number of aryl methyl sites for hydroxylation is 1. The second-order valence-electron chi connectivity index (χ2n) is 5.70. The summed E-state index contributed by atoms with van der Waals surface area (Å²) in [5.41, 5.74) is 7.40. The van der Waals surface area contributed by atoms with E-state index in [1.807, 2.05) is 0 Å². The fraction of sp³-hybridized carbons (Fsp3) is 0.600. The van der Waals surface area contributed by atoms with Gasteiger partial charge in [-0.25, -0.2) is 0 Å². The van der Waals surface area contributed by atoms with Gasteiger partial charge in [0.05, 0.1) is 0 Å². The topological polar surface area (TPSA) is 29.3 Å². The molecule has 0 aliphatic heterocycles. The molecular formula is C15H26N2. The van der Waals surface area contributed by atoms with Gasteiger partial charge in [0.1, 0.15) is 0 Å². The highest BCUT2D eigenvalue weighted by Crippen LogP contribution is 2.14. The van der Waals surface area contributed by atoms with Crippen LogP contribution in [-0.2, 0) is 6.42 Å². The molecule has 0 aliphatic carbocycles. The molecule has 2 nitrogen and oxygen atoms in total. The third-order valence-electron chi connectivity index (χ3n) is 3.10. The summed E-state index contributed by atoms with van der Waals surface area (Å²) in [5, 5.41) is 0. The van der Waals surface area contributed by atoms with Crippen molar-refractivity contribution < 1.29 is 0 Å². The Labute approximate surface area is 106 Å². The van der Waals surface area contributed by atoms with E-state index in [0.717, 1.165) is 26.1 Å². The molecule has 0 aromatic heterocycles. The lowest BCUT2D eigenvalue weighted by Gasteiger charge is -2.28. The van der Waals surface area contributed by atoms with E-state index < -0.39 is 0 Å². The Kier molecular flexibility index (Phi) is 5.66. The summed E-state index contributed by atoms with van der Waals surface area (Å²) < 4.78 is 0. The van der Waals surface area contributed by atoms with Crippen molar-refractivity contribution in [2.45, 2.75) is 26.7 Å². The molecule has 17 heavy (non-hydrogen) atoms. The minimum atomic E-state index is 0.224. The average Bonchev–Trinajstić information content (AvgIpc) is 2.30. The molecule has 96 valence electrons. The van der Waals surface area contributed by atoms with Gasteiger partial charge in [0.2, 0.25) is 0 Å². The van der Waals surface area contributed by atoms with E-state index in [-0.39, 0.29) is 5.41 Å². The lowest BCUT2D eigenvalue weighted by atomic mass is 9.93. The largest absolute Gasteiger partial charge is 0.330 e. The standard InChI is InChI=1S/C15H26N2/c1-15(2,12-16)13-17(3)11-7-10-14-8-5-4-6-9-14/h4-6,8-9H,7,10-13,16H2,1-3H3. The molecule has 0 heterocycles. The van der Waals surface area contributed by atoms with Gasteiger partial charge < -0.3 is 10.6 Å². The zero-order valence-corrected chi connectivity index (χ0v) is 11.4. The van der Waals surface area contributed by atoms with E-state index in [9.17, 15) is 0 Å². The highest BCUT2D eigenvalue weighted by atomic mass is 15.1. The molecule has 1 aromatic rings. The number of nitrogens with zero attached hydrogens (tertiary/aromatic N) is 1. The van der Waals surface area contributed by atoms with Crippen LogP contribution in [0.5, 0.6) is 0 Å². The molecular weight excluding hydrogens is 208 g/mol. The van der Waals surface area contributed by atoms with E-state index in [1.165, 1.54) is 12.0 Å². The van der Waals surface area contributed by atoms with Crippen molar-refractivity contribution in [2.24, 2.45) is 11.1 Å². The predicted octanol–water partition coefficient (Wildman–Crippen LogP) is 2.54. The van der Waals surface area contributed by atoms with E-state index in [2.05, 4.69) is 56.1 Å². The third kappa shape index (κ3) is 5.85. The van der Waals surface area contributed by atoms with Crippen LogP contribution in [0.15, 0.2) is 30.3 Å². The molecule has 0 saturated heterocycles. The van der Waals surface area contributed by atoms with Crippen LogP contribution in [0.2, 0.25) is 0 Å². The molecule has 0 unspecified atom stereocenters. The first-order chi connectivity index (χ1) is 8.03. The predicted molar refractivity (Wildman–Crippen MR) is 75.1 cm³/mol. The summed E-state index contributed by atoms with van der Waals surface area (Å²) in [7, 11) is 2.18. The monoisotopic (exact) mass is 234 g/mol. The van der Waals surface area contributed by atoms with Crippen molar-refractivity contribution in [1.82, 2.24) is 4.90 Å². The molecule has 1 aromatic carbocycles. The normalized spacial score (nSPS) is 12.1. The summed E-state index contributed by atoms with van der Waals surface area (Å²) in [5.74, 6) is 0. The SMILES string of the molecule is CN(CCCc1ccccc1)CC(C)(C)CN. The average molecular weight is 234 g/mol. The van der Waals surface area contributed by atoms with E-state index >= 15 is 0 Å². The van der Waals surface area contributed by atoms with Gasteiger partial charge in [-0.1, -0.05) is 44.2 Å². The van der Waals surface area contributed by atoms with Crippen molar-refractivity contribution in [3.05, 3.63) is 35.9 Å². The summed E-state index contributed by atoms with van der Waals surface area (Å²) in [4.78, 5) is 2.38. The van der Waals surface area contributed by atoms with Gasteiger partial charge in [-0.15, -0.1) is 0 Å². The first-order valence-electron chi connectivity index (χ1n) is 6.46. The van der Waals surface area contributed by atoms with Crippen LogP contribution in [0, 0.1) is 5.41 Å². The fourth-order valence-electron chi connectivity index (χ4n) is 2.07. The Balaban J connectivity index is 2.23. The Morgan fingerprint density at radius 2 is 1.82 bits per heavy atom. The summed E-state index contributed by atoms with van der Waals surface area (Å²) in [6.45, 7) is 7.40. The fourth-order valence-corrected chi connectivity index (χ4v) is 2.07. The first-order valence-corrected chi connectivity index (χ1v) is 6.46. The van der Waals surface area contributed by atoms with Crippen LogP contribution >= 0.6 is 0 Å². The third-order valence-corrected chi connectivity index (χ3v) is 3.10. The highest BCUT2D eigenvalue weighted by Gasteiger charge is 2.17. The number of hydrogen-bond donors (Lipinski definition) is 1. The Hall–Kier alpha value is -0.860. The summed E-state index contributed by atoms with van der Waals surface area (Å²) >= 11 is 0. The lowest BCUT2D eigenvalue weighted by molar-refractivity contribution is 0.214.